The van der Waals surface area contributed by atoms with E-state index >= 15 is 0 Å². The van der Waals surface area contributed by atoms with Crippen molar-refractivity contribution in [3.8, 4) is 0 Å². The number of nitrogens with one attached hydrogen (secondary N) is 1. The molecule has 1 aliphatic rings. The molecule has 1 aliphatic heterocycles. The lowest BCUT2D eigenvalue weighted by atomic mass is 10.2. The van der Waals surface area contributed by atoms with E-state index in [-0.39, 0.29) is 31.4 Å². The van der Waals surface area contributed by atoms with E-state index in [9.17, 15) is 14.4 Å². The lowest BCUT2D eigenvalue weighted by Crippen LogP contribution is -2.32. The topological polar surface area (TPSA) is 84.9 Å². The lowest BCUT2D eigenvalue weighted by molar-refractivity contribution is -0.190. The van der Waals surface area contributed by atoms with Gasteiger partial charge in [0.25, 0.3) is 5.91 Å². The van der Waals surface area contributed by atoms with Gasteiger partial charge in [-0.2, -0.15) is 0 Å². The molecule has 0 aromatic rings. The van der Waals surface area contributed by atoms with Crippen LogP contribution >= 0.6 is 0 Å². The van der Waals surface area contributed by atoms with Gasteiger partial charge in [0.2, 0.25) is 5.91 Å². The third-order valence-electron chi connectivity index (χ3n) is 2.89. The zero-order valence-corrected chi connectivity index (χ0v) is 12.4. The van der Waals surface area contributed by atoms with E-state index in [1.165, 1.54) is 0 Å². The van der Waals surface area contributed by atoms with Crippen LogP contribution in [0.1, 0.15) is 39.0 Å². The Morgan fingerprint density at radius 3 is 2.67 bits per heavy atom. The Kier molecular flexibility index (Phi) is 7.45. The van der Waals surface area contributed by atoms with Gasteiger partial charge in [-0.3, -0.25) is 9.59 Å². The molecule has 0 aromatic heterocycles. The molecule has 2 amide bonds. The molecule has 21 heavy (non-hydrogen) atoms. The molecule has 118 valence electrons. The first-order valence-electron chi connectivity index (χ1n) is 7.10. The number of amides is 2. The van der Waals surface area contributed by atoms with Gasteiger partial charge in [-0.15, -0.1) is 5.06 Å². The van der Waals surface area contributed by atoms with E-state index in [0.29, 0.717) is 18.7 Å². The summed E-state index contributed by atoms with van der Waals surface area (Å²) in [5.41, 5.74) is 0.446. The Labute approximate surface area is 124 Å². The third-order valence-corrected chi connectivity index (χ3v) is 2.89. The van der Waals surface area contributed by atoms with Crippen molar-refractivity contribution in [2.24, 2.45) is 0 Å². The maximum Gasteiger partial charge on any atom is 0.358 e. The molecule has 7 heteroatoms. The van der Waals surface area contributed by atoms with E-state index in [1.54, 1.807) is 0 Å². The molecule has 0 radical (unpaired) electrons. The molecule has 0 bridgehead atoms. The predicted molar refractivity (Wildman–Crippen MR) is 74.7 cm³/mol. The van der Waals surface area contributed by atoms with Crippen molar-refractivity contribution in [1.29, 1.82) is 0 Å². The number of unbranched alkanes of at least 4 members (excludes halogenated alkanes) is 2. The van der Waals surface area contributed by atoms with Gasteiger partial charge in [0.15, 0.2) is 0 Å². The summed E-state index contributed by atoms with van der Waals surface area (Å²) < 4.78 is 4.94. The number of ether oxygens (including phenoxy) is 1. The molecular formula is C14H22N2O5. The highest BCUT2D eigenvalue weighted by molar-refractivity contribution is 5.82. The van der Waals surface area contributed by atoms with Gasteiger partial charge in [0.1, 0.15) is 13.2 Å². The minimum atomic E-state index is -0.731. The Hall–Kier alpha value is -1.89. The van der Waals surface area contributed by atoms with Crippen LogP contribution in [0.25, 0.3) is 0 Å². The summed E-state index contributed by atoms with van der Waals surface area (Å²) >= 11 is 0. The number of carbonyl (C=O) groups excluding carboxylic acids is 3. The van der Waals surface area contributed by atoms with Gasteiger partial charge in [0.05, 0.1) is 5.70 Å². The first-order valence-corrected chi connectivity index (χ1v) is 7.10. The fourth-order valence-corrected chi connectivity index (χ4v) is 1.76. The lowest BCUT2D eigenvalue weighted by Gasteiger charge is -2.15. The smallest absolute Gasteiger partial charge is 0.358 e. The fourth-order valence-electron chi connectivity index (χ4n) is 1.76. The number of rotatable bonds is 9. The quantitative estimate of drug-likeness (QED) is 0.639. The zero-order chi connectivity index (χ0) is 15.7. The van der Waals surface area contributed by atoms with Crippen LogP contribution in [-0.2, 0) is 24.0 Å². The molecule has 1 rings (SSSR count). The van der Waals surface area contributed by atoms with Crippen molar-refractivity contribution < 1.29 is 24.0 Å². The highest BCUT2D eigenvalue weighted by Crippen LogP contribution is 2.20. The van der Waals surface area contributed by atoms with Crippen molar-refractivity contribution >= 4 is 17.8 Å². The van der Waals surface area contributed by atoms with E-state index in [1.807, 2.05) is 0 Å². The second-order valence-corrected chi connectivity index (χ2v) is 4.77. The summed E-state index contributed by atoms with van der Waals surface area (Å²) in [7, 11) is 0. The van der Waals surface area contributed by atoms with Crippen molar-refractivity contribution in [2.75, 3.05) is 19.8 Å². The molecule has 1 saturated heterocycles. The number of hydroxylamine groups is 2. The van der Waals surface area contributed by atoms with Crippen LogP contribution in [0.4, 0.5) is 0 Å². The Balaban J connectivity index is 2.11. The number of hydrogen-bond donors (Lipinski definition) is 1. The normalized spacial score (nSPS) is 14.4. The maximum absolute atomic E-state index is 11.5. The van der Waals surface area contributed by atoms with Crippen LogP contribution in [0.5, 0.6) is 0 Å². The van der Waals surface area contributed by atoms with E-state index in [0.717, 1.165) is 24.3 Å². The van der Waals surface area contributed by atoms with Crippen LogP contribution in [0.2, 0.25) is 0 Å². The molecule has 0 aliphatic carbocycles. The minimum absolute atomic E-state index is 0.212. The van der Waals surface area contributed by atoms with Gasteiger partial charge in [-0.1, -0.05) is 26.3 Å². The Morgan fingerprint density at radius 1 is 1.29 bits per heavy atom. The van der Waals surface area contributed by atoms with E-state index in [4.69, 9.17) is 9.57 Å². The summed E-state index contributed by atoms with van der Waals surface area (Å²) in [5.74, 6) is -1.31. The summed E-state index contributed by atoms with van der Waals surface area (Å²) in [4.78, 5) is 39.0. The van der Waals surface area contributed by atoms with Gasteiger partial charge in [-0.05, 0) is 12.8 Å². The van der Waals surface area contributed by atoms with E-state index in [2.05, 4.69) is 18.8 Å². The standard InChI is InChI=1S/C14H22N2O5/c1-3-4-5-8-15-12(17)9-20-10-14(19)21-16-11(2)6-7-13(16)18/h2-10H2,1H3,(H,15,17). The fraction of sp³-hybridized carbons (Fsp3) is 0.643. The van der Waals surface area contributed by atoms with Crippen molar-refractivity contribution in [3.63, 3.8) is 0 Å². The third kappa shape index (κ3) is 6.40. The summed E-state index contributed by atoms with van der Waals surface area (Å²) in [6, 6.07) is 0. The summed E-state index contributed by atoms with van der Waals surface area (Å²) in [5, 5.41) is 3.57. The average Bonchev–Trinajstić information content (AvgIpc) is 2.75. The van der Waals surface area contributed by atoms with Gasteiger partial charge >= 0.3 is 5.97 Å². The second-order valence-electron chi connectivity index (χ2n) is 4.77. The van der Waals surface area contributed by atoms with Crippen LogP contribution in [0.15, 0.2) is 12.3 Å². The largest absolute Gasteiger partial charge is 0.360 e. The number of nitrogens with zero attached hydrogens (tertiary/aromatic N) is 1. The van der Waals surface area contributed by atoms with Crippen LogP contribution in [0, 0.1) is 0 Å². The molecule has 1 heterocycles. The highest BCUT2D eigenvalue weighted by Gasteiger charge is 2.28. The molecule has 1 N–H and O–H groups in total. The number of allylic oxidation sites excluding steroid dienone is 1. The maximum atomic E-state index is 11.5. The SMILES string of the molecule is C=C1CCC(=O)N1OC(=O)COCC(=O)NCCCCC. The van der Waals surface area contributed by atoms with Crippen LogP contribution in [0.3, 0.4) is 0 Å². The average molecular weight is 298 g/mol. The molecule has 0 saturated carbocycles. The second kappa shape index (κ2) is 9.12. The molecule has 0 aromatic carbocycles. The summed E-state index contributed by atoms with van der Waals surface area (Å²) in [6.07, 6.45) is 3.82. The van der Waals surface area contributed by atoms with Crippen molar-refractivity contribution in [2.45, 2.75) is 39.0 Å². The van der Waals surface area contributed by atoms with Crippen LogP contribution < -0.4 is 5.32 Å². The van der Waals surface area contributed by atoms with E-state index < -0.39 is 5.97 Å². The molecule has 0 unspecified atom stereocenters. The first-order chi connectivity index (χ1) is 10.0. The zero-order valence-electron chi connectivity index (χ0n) is 12.4. The predicted octanol–water partition coefficient (Wildman–Crippen LogP) is 0.904. The Bertz CT molecular complexity index is 392. The minimum Gasteiger partial charge on any atom is -0.360 e. The number of hydrogen-bond acceptors (Lipinski definition) is 5. The monoisotopic (exact) mass is 298 g/mol. The molecule has 7 nitrogen and oxygen atoms in total. The molecular weight excluding hydrogens is 276 g/mol. The van der Waals surface area contributed by atoms with Gasteiger partial charge < -0.3 is 14.9 Å². The summed E-state index contributed by atoms with van der Waals surface area (Å²) in [6.45, 7) is 5.70. The van der Waals surface area contributed by atoms with Crippen molar-refractivity contribution in [3.05, 3.63) is 12.3 Å². The molecule has 1 fully saturated rings. The van der Waals surface area contributed by atoms with Gasteiger partial charge in [0, 0.05) is 13.0 Å². The highest BCUT2D eigenvalue weighted by atomic mass is 16.7. The van der Waals surface area contributed by atoms with Gasteiger partial charge in [-0.25, -0.2) is 4.79 Å². The molecule has 0 atom stereocenters. The number of carbonyl (C=O) groups is 3. The van der Waals surface area contributed by atoms with Crippen molar-refractivity contribution in [1.82, 2.24) is 10.4 Å². The Morgan fingerprint density at radius 2 is 2.05 bits per heavy atom. The van der Waals surface area contributed by atoms with Crippen LogP contribution in [-0.4, -0.2) is 42.6 Å². The first kappa shape index (κ1) is 17.2. The molecule has 0 spiro atoms.